The van der Waals surface area contributed by atoms with Crippen LogP contribution in [0.1, 0.15) is 23.1 Å². The van der Waals surface area contributed by atoms with Gasteiger partial charge >= 0.3 is 12.1 Å². The summed E-state index contributed by atoms with van der Waals surface area (Å²) in [5.74, 6) is 2.01. The van der Waals surface area contributed by atoms with Gasteiger partial charge in [-0.05, 0) is 59.7 Å². The summed E-state index contributed by atoms with van der Waals surface area (Å²) in [6.07, 6.45) is -2.93. The molecule has 0 aliphatic carbocycles. The predicted molar refractivity (Wildman–Crippen MR) is 142 cm³/mol. The number of thiophene rings is 1. The number of alkyl halides is 3. The third-order valence-corrected chi connectivity index (χ3v) is 9.37. The summed E-state index contributed by atoms with van der Waals surface area (Å²) in [5, 5.41) is 12.0. The minimum Gasteiger partial charge on any atom is -0.475 e. The predicted octanol–water partition coefficient (Wildman–Crippen LogP) is 4.12. The van der Waals surface area contributed by atoms with Crippen LogP contribution in [-0.2, 0) is 26.2 Å². The van der Waals surface area contributed by atoms with E-state index in [2.05, 4.69) is 9.82 Å². The molecule has 0 unspecified atom stereocenters. The first-order valence-electron chi connectivity index (χ1n) is 11.3. The second-order valence-electron chi connectivity index (χ2n) is 8.58. The van der Waals surface area contributed by atoms with Crippen molar-refractivity contribution in [3.8, 4) is 0 Å². The van der Waals surface area contributed by atoms with Crippen molar-refractivity contribution in [1.29, 1.82) is 0 Å². The number of aliphatic carboxylic acids is 1. The summed E-state index contributed by atoms with van der Waals surface area (Å²) in [5.41, 5.74) is 2.50. The maximum Gasteiger partial charge on any atom is 0.490 e. The number of benzene rings is 2. The van der Waals surface area contributed by atoms with Crippen molar-refractivity contribution in [3.05, 3.63) is 64.2 Å². The van der Waals surface area contributed by atoms with Crippen LogP contribution in [0.5, 0.6) is 0 Å². The molecule has 4 N–H and O–H groups in total. The van der Waals surface area contributed by atoms with Crippen LogP contribution in [0.15, 0.2) is 51.8 Å². The van der Waals surface area contributed by atoms with Crippen LogP contribution in [0.2, 0.25) is 5.02 Å². The average Bonchev–Trinajstić information content (AvgIpc) is 3.38. The van der Waals surface area contributed by atoms with Gasteiger partial charge in [-0.1, -0.05) is 29.8 Å². The molecule has 0 radical (unpaired) electrons. The first-order valence-corrected chi connectivity index (χ1v) is 14.0. The fourth-order valence-electron chi connectivity index (χ4n) is 3.93. The van der Waals surface area contributed by atoms with Gasteiger partial charge in [-0.3, -0.25) is 4.79 Å². The second-order valence-corrected chi connectivity index (χ2v) is 12.0. The van der Waals surface area contributed by atoms with Crippen LogP contribution in [0.4, 0.5) is 13.2 Å². The van der Waals surface area contributed by atoms with Gasteiger partial charge in [0.2, 0.25) is 15.9 Å². The fourth-order valence-corrected chi connectivity index (χ4v) is 6.97. The topological polar surface area (TPSA) is 142 Å². The lowest BCUT2D eigenvalue weighted by Gasteiger charge is -2.17. The van der Waals surface area contributed by atoms with Crippen LogP contribution in [0.25, 0.3) is 10.1 Å². The number of carbonyl (C=O) groups excluding carboxylic acids is 1. The van der Waals surface area contributed by atoms with E-state index in [9.17, 15) is 26.4 Å². The number of fused-ring (bicyclic) bond motifs is 1. The van der Waals surface area contributed by atoms with Gasteiger partial charge in [0.25, 0.3) is 0 Å². The molecular weight excluding hydrogens is 581 g/mol. The number of likely N-dealkylation sites (tertiary alicyclic amines) is 1. The molecular formula is C24H24ClF3N4O5S2. The molecule has 3 aromatic rings. The van der Waals surface area contributed by atoms with Crippen molar-refractivity contribution in [1.82, 2.24) is 9.62 Å². The molecule has 1 aromatic heterocycles. The molecule has 4 rings (SSSR count). The maximum atomic E-state index is 13.0. The number of amides is 1. The molecule has 39 heavy (non-hydrogen) atoms. The van der Waals surface area contributed by atoms with Gasteiger partial charge in [0, 0.05) is 29.4 Å². The van der Waals surface area contributed by atoms with Crippen molar-refractivity contribution in [2.45, 2.75) is 30.3 Å². The quantitative estimate of drug-likeness (QED) is 0.210. The van der Waals surface area contributed by atoms with E-state index in [1.54, 1.807) is 30.2 Å². The zero-order valence-corrected chi connectivity index (χ0v) is 22.8. The molecule has 2 aromatic carbocycles. The number of hydrazone groups is 1. The van der Waals surface area contributed by atoms with Crippen LogP contribution >= 0.6 is 22.9 Å². The van der Waals surface area contributed by atoms with E-state index >= 15 is 0 Å². The lowest BCUT2D eigenvalue weighted by atomic mass is 10.1. The number of aryl methyl sites for hydroxylation is 1. The number of hydrogen-bond acceptors (Lipinski definition) is 7. The standard InChI is InChI=1S/C22H23ClN4O3S2.C2HF3O2/c1-14-19-10-18(23)5-6-20(19)31-22(14)32(29,30)26-12-17-7-8-27(21(17)28)13-16-4-2-3-15(9-16)11-25-24;3-2(4,5)1(6)7/h2-6,9-11,17,26H,7-8,12-13,24H2,1H3;(H,6,7)/t17-;/m0./s1. The number of rotatable bonds is 7. The molecule has 1 fully saturated rings. The summed E-state index contributed by atoms with van der Waals surface area (Å²) < 4.78 is 61.4. The van der Waals surface area contributed by atoms with Crippen LogP contribution in [0, 0.1) is 12.8 Å². The molecule has 15 heteroatoms. The van der Waals surface area contributed by atoms with Gasteiger partial charge in [-0.15, -0.1) is 11.3 Å². The summed E-state index contributed by atoms with van der Waals surface area (Å²) >= 11 is 7.27. The molecule has 1 aliphatic rings. The lowest BCUT2D eigenvalue weighted by molar-refractivity contribution is -0.192. The van der Waals surface area contributed by atoms with E-state index < -0.39 is 22.2 Å². The summed E-state index contributed by atoms with van der Waals surface area (Å²) in [6, 6.07) is 13.0. The third-order valence-electron chi connectivity index (χ3n) is 5.82. The summed E-state index contributed by atoms with van der Waals surface area (Å²) in [6.45, 7) is 2.90. The lowest BCUT2D eigenvalue weighted by Crippen LogP contribution is -2.34. The van der Waals surface area contributed by atoms with Gasteiger partial charge in [0.1, 0.15) is 4.21 Å². The Morgan fingerprint density at radius 3 is 2.64 bits per heavy atom. The number of carbonyl (C=O) groups is 2. The summed E-state index contributed by atoms with van der Waals surface area (Å²) in [7, 11) is -3.74. The molecule has 9 nitrogen and oxygen atoms in total. The van der Waals surface area contributed by atoms with E-state index in [1.165, 1.54) is 11.3 Å². The summed E-state index contributed by atoms with van der Waals surface area (Å²) in [4.78, 5) is 23.5. The molecule has 0 saturated carbocycles. The smallest absolute Gasteiger partial charge is 0.475 e. The number of halogens is 4. The Balaban J connectivity index is 0.000000532. The minimum atomic E-state index is -5.08. The molecule has 2 heterocycles. The Hall–Kier alpha value is -3.20. The van der Waals surface area contributed by atoms with Gasteiger partial charge < -0.3 is 15.8 Å². The SMILES string of the molecule is Cc1c(S(=O)(=O)NC[C@@H]2CCN(Cc3cccc(C=NN)c3)C2=O)sc2ccc(Cl)cc12.O=C(O)C(F)(F)F. The highest BCUT2D eigenvalue weighted by Crippen LogP contribution is 2.35. The largest absolute Gasteiger partial charge is 0.490 e. The molecule has 0 bridgehead atoms. The van der Waals surface area contributed by atoms with Crippen molar-refractivity contribution < 1.29 is 36.3 Å². The zero-order valence-electron chi connectivity index (χ0n) is 20.4. The van der Waals surface area contributed by atoms with Crippen molar-refractivity contribution in [2.24, 2.45) is 16.9 Å². The van der Waals surface area contributed by atoms with Gasteiger partial charge in [0.05, 0.1) is 12.1 Å². The normalized spacial score (nSPS) is 16.1. The van der Waals surface area contributed by atoms with Crippen molar-refractivity contribution in [3.63, 3.8) is 0 Å². The van der Waals surface area contributed by atoms with E-state index in [1.807, 2.05) is 30.3 Å². The first-order chi connectivity index (χ1) is 18.2. The maximum absolute atomic E-state index is 13.0. The van der Waals surface area contributed by atoms with Gasteiger partial charge in [-0.25, -0.2) is 17.9 Å². The number of nitrogens with two attached hydrogens (primary N) is 1. The zero-order chi connectivity index (χ0) is 29.0. The second kappa shape index (κ2) is 12.3. The van der Waals surface area contributed by atoms with Crippen LogP contribution in [-0.4, -0.2) is 55.8 Å². The van der Waals surface area contributed by atoms with E-state index in [0.717, 1.165) is 21.2 Å². The van der Waals surface area contributed by atoms with E-state index in [-0.39, 0.29) is 22.6 Å². The van der Waals surface area contributed by atoms with E-state index in [0.29, 0.717) is 30.1 Å². The first kappa shape index (κ1) is 30.3. The Morgan fingerprint density at radius 2 is 2.00 bits per heavy atom. The minimum absolute atomic E-state index is 0.0505. The van der Waals surface area contributed by atoms with Gasteiger partial charge in [-0.2, -0.15) is 18.3 Å². The number of carboxylic acids is 1. The van der Waals surface area contributed by atoms with Gasteiger partial charge in [0.15, 0.2) is 0 Å². The number of sulfonamides is 1. The van der Waals surface area contributed by atoms with Crippen LogP contribution < -0.4 is 10.6 Å². The Morgan fingerprint density at radius 1 is 1.31 bits per heavy atom. The Kier molecular flexibility index (Phi) is 9.59. The molecule has 1 saturated heterocycles. The van der Waals surface area contributed by atoms with Crippen molar-refractivity contribution in [2.75, 3.05) is 13.1 Å². The monoisotopic (exact) mass is 604 g/mol. The molecule has 1 atom stereocenters. The number of nitrogens with one attached hydrogen (secondary N) is 1. The number of hydrogen-bond donors (Lipinski definition) is 3. The highest BCUT2D eigenvalue weighted by Gasteiger charge is 2.38. The number of carboxylic acid groups (broad SMARTS) is 1. The molecule has 1 aliphatic heterocycles. The van der Waals surface area contributed by atoms with E-state index in [4.69, 9.17) is 27.3 Å². The average molecular weight is 605 g/mol. The Labute approximate surface area is 231 Å². The highest BCUT2D eigenvalue weighted by molar-refractivity contribution is 7.91. The molecule has 210 valence electrons. The number of nitrogens with zero attached hydrogens (tertiary/aromatic N) is 2. The third kappa shape index (κ3) is 7.68. The molecule has 0 spiro atoms. The van der Waals surface area contributed by atoms with Crippen LogP contribution in [0.3, 0.4) is 0 Å². The highest BCUT2D eigenvalue weighted by atomic mass is 35.5. The fraction of sp³-hybridized carbons (Fsp3) is 0.292. The Bertz CT molecular complexity index is 1510. The molecule has 1 amide bonds. The van der Waals surface area contributed by atoms with Crippen molar-refractivity contribution >= 4 is 61.1 Å².